The van der Waals surface area contributed by atoms with Gasteiger partial charge in [0.25, 0.3) is 0 Å². The lowest BCUT2D eigenvalue weighted by Gasteiger charge is -2.36. The molecule has 1 aliphatic rings. The number of likely N-dealkylation sites (N-methyl/N-ethyl adjacent to an activating group) is 1. The lowest BCUT2D eigenvalue weighted by molar-refractivity contribution is 0.233. The third-order valence-electron chi connectivity index (χ3n) is 4.08. The first-order valence-corrected chi connectivity index (χ1v) is 7.58. The van der Waals surface area contributed by atoms with E-state index >= 15 is 0 Å². The van der Waals surface area contributed by atoms with E-state index in [9.17, 15) is 0 Å². The van der Waals surface area contributed by atoms with Gasteiger partial charge in [-0.25, -0.2) is 9.97 Å². The highest BCUT2D eigenvalue weighted by molar-refractivity contribution is 5.32. The van der Waals surface area contributed by atoms with Crippen LogP contribution in [0.2, 0.25) is 0 Å². The van der Waals surface area contributed by atoms with E-state index in [0.29, 0.717) is 6.04 Å². The molecular formula is C15H22N6. The van der Waals surface area contributed by atoms with E-state index < -0.39 is 0 Å². The highest BCUT2D eigenvalue weighted by atomic mass is 15.4. The quantitative estimate of drug-likeness (QED) is 0.835. The molecular weight excluding hydrogens is 264 g/mol. The van der Waals surface area contributed by atoms with E-state index in [0.717, 1.165) is 38.7 Å². The summed E-state index contributed by atoms with van der Waals surface area (Å²) in [5, 5.41) is 4.51. The van der Waals surface area contributed by atoms with Crippen molar-refractivity contribution in [3.63, 3.8) is 0 Å². The maximum atomic E-state index is 4.51. The van der Waals surface area contributed by atoms with Crippen LogP contribution in [-0.4, -0.2) is 50.8 Å². The van der Waals surface area contributed by atoms with Crippen molar-refractivity contribution in [1.82, 2.24) is 24.6 Å². The fraction of sp³-hybridized carbons (Fsp3) is 0.533. The summed E-state index contributed by atoms with van der Waals surface area (Å²) in [6.45, 7) is 9.25. The summed E-state index contributed by atoms with van der Waals surface area (Å²) in [5.41, 5.74) is 1.23. The minimum Gasteiger partial charge on any atom is -0.333 e. The van der Waals surface area contributed by atoms with E-state index in [2.05, 4.69) is 49.5 Å². The van der Waals surface area contributed by atoms with Crippen molar-refractivity contribution >= 4 is 5.95 Å². The van der Waals surface area contributed by atoms with E-state index in [-0.39, 0.29) is 0 Å². The Kier molecular flexibility index (Phi) is 4.15. The average Bonchev–Trinajstić information content (AvgIpc) is 3.02. The molecule has 0 unspecified atom stereocenters. The van der Waals surface area contributed by atoms with Crippen LogP contribution in [0.4, 0.5) is 5.95 Å². The standard InChI is InChI=1S/C15H22N6/c1-3-19(4-2)10-14-12-20(15-16-7-5-8-17-15)11-13-6-9-18-21(13)14/h5-9,14H,3-4,10-12H2,1-2H3/t14-/m1/s1. The molecule has 0 fully saturated rings. The molecule has 0 saturated carbocycles. The van der Waals surface area contributed by atoms with Gasteiger partial charge >= 0.3 is 0 Å². The first-order valence-electron chi connectivity index (χ1n) is 7.58. The zero-order chi connectivity index (χ0) is 14.7. The van der Waals surface area contributed by atoms with Gasteiger partial charge in [0.15, 0.2) is 0 Å². The summed E-state index contributed by atoms with van der Waals surface area (Å²) < 4.78 is 2.16. The van der Waals surface area contributed by atoms with Gasteiger partial charge in [0.1, 0.15) is 0 Å². The van der Waals surface area contributed by atoms with Gasteiger partial charge in [-0.3, -0.25) is 4.68 Å². The molecule has 2 aromatic heterocycles. The van der Waals surface area contributed by atoms with Crippen LogP contribution in [0.5, 0.6) is 0 Å². The Morgan fingerprint density at radius 2 is 1.95 bits per heavy atom. The van der Waals surface area contributed by atoms with E-state index in [4.69, 9.17) is 0 Å². The zero-order valence-corrected chi connectivity index (χ0v) is 12.7. The number of fused-ring (bicyclic) bond motifs is 1. The summed E-state index contributed by atoms with van der Waals surface area (Å²) in [6, 6.07) is 4.28. The predicted octanol–water partition coefficient (Wildman–Crippen LogP) is 1.58. The third kappa shape index (κ3) is 2.90. The minimum atomic E-state index is 0.340. The molecule has 1 aliphatic heterocycles. The van der Waals surface area contributed by atoms with E-state index in [1.165, 1.54) is 5.69 Å². The fourth-order valence-corrected chi connectivity index (χ4v) is 2.91. The number of aromatic nitrogens is 4. The molecule has 0 N–H and O–H groups in total. The molecule has 0 amide bonds. The number of anilines is 1. The number of hydrogen-bond donors (Lipinski definition) is 0. The molecule has 0 saturated heterocycles. The summed E-state index contributed by atoms with van der Waals surface area (Å²) in [4.78, 5) is 13.4. The van der Waals surface area contributed by atoms with Gasteiger partial charge in [-0.2, -0.15) is 5.10 Å². The summed E-state index contributed by atoms with van der Waals surface area (Å²) in [7, 11) is 0. The molecule has 0 bridgehead atoms. The molecule has 2 aromatic rings. The second kappa shape index (κ2) is 6.22. The topological polar surface area (TPSA) is 50.1 Å². The number of hydrogen-bond acceptors (Lipinski definition) is 5. The van der Waals surface area contributed by atoms with Crippen molar-refractivity contribution in [3.05, 3.63) is 36.4 Å². The smallest absolute Gasteiger partial charge is 0.225 e. The Hall–Kier alpha value is -1.95. The second-order valence-corrected chi connectivity index (χ2v) is 5.34. The summed E-state index contributed by atoms with van der Waals surface area (Å²) in [5.74, 6) is 0.800. The fourth-order valence-electron chi connectivity index (χ4n) is 2.91. The normalized spacial score (nSPS) is 18.0. The minimum absolute atomic E-state index is 0.340. The molecule has 112 valence electrons. The van der Waals surface area contributed by atoms with Gasteiger partial charge in [0.05, 0.1) is 18.3 Å². The first kappa shape index (κ1) is 14.0. The Bertz CT molecular complexity index is 563. The maximum absolute atomic E-state index is 4.51. The van der Waals surface area contributed by atoms with Gasteiger partial charge in [0, 0.05) is 31.7 Å². The van der Waals surface area contributed by atoms with Crippen LogP contribution >= 0.6 is 0 Å². The lowest BCUT2D eigenvalue weighted by atomic mass is 10.2. The summed E-state index contributed by atoms with van der Waals surface area (Å²) in [6.07, 6.45) is 5.49. The molecule has 1 atom stereocenters. The van der Waals surface area contributed by atoms with Crippen molar-refractivity contribution in [2.45, 2.75) is 26.4 Å². The summed E-state index contributed by atoms with van der Waals surface area (Å²) >= 11 is 0. The lowest BCUT2D eigenvalue weighted by Crippen LogP contribution is -2.43. The van der Waals surface area contributed by atoms with Gasteiger partial charge in [0.2, 0.25) is 5.95 Å². The van der Waals surface area contributed by atoms with E-state index in [1.54, 1.807) is 12.4 Å². The second-order valence-electron chi connectivity index (χ2n) is 5.34. The molecule has 0 spiro atoms. The Morgan fingerprint density at radius 1 is 1.19 bits per heavy atom. The van der Waals surface area contributed by atoms with Crippen LogP contribution < -0.4 is 4.90 Å². The van der Waals surface area contributed by atoms with Crippen LogP contribution in [0.3, 0.4) is 0 Å². The molecule has 21 heavy (non-hydrogen) atoms. The number of rotatable bonds is 5. The van der Waals surface area contributed by atoms with Gasteiger partial charge in [-0.1, -0.05) is 13.8 Å². The van der Waals surface area contributed by atoms with Crippen molar-refractivity contribution in [2.24, 2.45) is 0 Å². The Morgan fingerprint density at radius 3 is 2.67 bits per heavy atom. The molecule has 3 heterocycles. The highest BCUT2D eigenvalue weighted by Gasteiger charge is 2.27. The Labute approximate surface area is 125 Å². The molecule has 3 rings (SSSR count). The van der Waals surface area contributed by atoms with Gasteiger partial charge in [-0.15, -0.1) is 0 Å². The molecule has 0 aliphatic carbocycles. The first-order chi connectivity index (χ1) is 10.3. The monoisotopic (exact) mass is 286 g/mol. The molecule has 6 heteroatoms. The predicted molar refractivity (Wildman–Crippen MR) is 82.1 cm³/mol. The largest absolute Gasteiger partial charge is 0.333 e. The van der Waals surface area contributed by atoms with Crippen LogP contribution in [0.15, 0.2) is 30.7 Å². The highest BCUT2D eigenvalue weighted by Crippen LogP contribution is 2.23. The Balaban J connectivity index is 1.83. The van der Waals surface area contributed by atoms with Crippen molar-refractivity contribution in [3.8, 4) is 0 Å². The van der Waals surface area contributed by atoms with Gasteiger partial charge < -0.3 is 9.80 Å². The third-order valence-corrected chi connectivity index (χ3v) is 4.08. The average molecular weight is 286 g/mol. The van der Waals surface area contributed by atoms with Crippen molar-refractivity contribution < 1.29 is 0 Å². The van der Waals surface area contributed by atoms with Crippen LogP contribution in [-0.2, 0) is 6.54 Å². The van der Waals surface area contributed by atoms with Crippen LogP contribution in [0.1, 0.15) is 25.6 Å². The molecule has 0 radical (unpaired) electrons. The van der Waals surface area contributed by atoms with Crippen molar-refractivity contribution in [2.75, 3.05) is 31.1 Å². The van der Waals surface area contributed by atoms with Crippen LogP contribution in [0, 0.1) is 0 Å². The maximum Gasteiger partial charge on any atom is 0.225 e. The zero-order valence-electron chi connectivity index (χ0n) is 12.7. The van der Waals surface area contributed by atoms with Crippen LogP contribution in [0.25, 0.3) is 0 Å². The molecule has 6 nitrogen and oxygen atoms in total. The van der Waals surface area contributed by atoms with E-state index in [1.807, 2.05) is 12.3 Å². The van der Waals surface area contributed by atoms with Gasteiger partial charge in [-0.05, 0) is 25.2 Å². The van der Waals surface area contributed by atoms with Crippen molar-refractivity contribution in [1.29, 1.82) is 0 Å². The SMILES string of the molecule is CCN(CC)C[C@@H]1CN(c2ncccn2)Cc2ccnn21. The number of nitrogens with zero attached hydrogens (tertiary/aromatic N) is 6. The molecule has 0 aromatic carbocycles.